The van der Waals surface area contributed by atoms with Gasteiger partial charge in [-0.3, -0.25) is 14.4 Å². The average Bonchev–Trinajstić information content (AvgIpc) is 2.41. The molecule has 0 saturated heterocycles. The lowest BCUT2D eigenvalue weighted by Crippen LogP contribution is -2.31. The van der Waals surface area contributed by atoms with E-state index < -0.39 is 23.3 Å². The largest absolute Gasteiger partial charge is 0.457 e. The standard InChI is InChI=1S/C14H23NO5S/c1-5-10(4)13(18)15-6-7-21-12(17)8-11(16)14(19)20-9(2)3/h9-10H,5-8H2,1-4H3,(H,15,18). The third kappa shape index (κ3) is 9.23. The third-order valence-corrected chi connectivity index (χ3v) is 3.47. The normalized spacial score (nSPS) is 11.9. The highest BCUT2D eigenvalue weighted by molar-refractivity contribution is 8.13. The molecule has 1 atom stereocenters. The fourth-order valence-electron chi connectivity index (χ4n) is 1.23. The molecule has 0 aliphatic rings. The lowest BCUT2D eigenvalue weighted by atomic mass is 10.1. The van der Waals surface area contributed by atoms with Crippen LogP contribution < -0.4 is 5.32 Å². The van der Waals surface area contributed by atoms with Crippen LogP contribution in [0.1, 0.15) is 40.5 Å². The van der Waals surface area contributed by atoms with Crippen molar-refractivity contribution in [1.82, 2.24) is 5.32 Å². The van der Waals surface area contributed by atoms with E-state index in [1.54, 1.807) is 13.8 Å². The van der Waals surface area contributed by atoms with E-state index in [1.807, 2.05) is 13.8 Å². The zero-order chi connectivity index (χ0) is 16.4. The molecule has 21 heavy (non-hydrogen) atoms. The molecule has 6 nitrogen and oxygen atoms in total. The lowest BCUT2D eigenvalue weighted by Gasteiger charge is -2.09. The Labute approximate surface area is 129 Å². The fraction of sp³-hybridized carbons (Fsp3) is 0.714. The van der Waals surface area contributed by atoms with Crippen LogP contribution in [0.4, 0.5) is 0 Å². The summed E-state index contributed by atoms with van der Waals surface area (Å²) in [6.45, 7) is 7.35. The molecule has 1 amide bonds. The Morgan fingerprint density at radius 1 is 1.14 bits per heavy atom. The van der Waals surface area contributed by atoms with Crippen molar-refractivity contribution < 1.29 is 23.9 Å². The minimum Gasteiger partial charge on any atom is -0.457 e. The van der Waals surface area contributed by atoms with E-state index in [-0.39, 0.29) is 17.9 Å². The van der Waals surface area contributed by atoms with E-state index in [4.69, 9.17) is 4.74 Å². The van der Waals surface area contributed by atoms with Crippen LogP contribution >= 0.6 is 11.8 Å². The quantitative estimate of drug-likeness (QED) is 0.298. The van der Waals surface area contributed by atoms with E-state index >= 15 is 0 Å². The maximum Gasteiger partial charge on any atom is 0.375 e. The van der Waals surface area contributed by atoms with Gasteiger partial charge in [-0.05, 0) is 20.3 Å². The topological polar surface area (TPSA) is 89.5 Å². The number of thioether (sulfide) groups is 1. The van der Waals surface area contributed by atoms with Gasteiger partial charge in [0.05, 0.1) is 12.5 Å². The smallest absolute Gasteiger partial charge is 0.375 e. The summed E-state index contributed by atoms with van der Waals surface area (Å²) in [5, 5.41) is 2.30. The Balaban J connectivity index is 3.88. The van der Waals surface area contributed by atoms with Gasteiger partial charge in [0.1, 0.15) is 0 Å². The second-order valence-corrected chi connectivity index (χ2v) is 6.03. The van der Waals surface area contributed by atoms with Gasteiger partial charge in [-0.15, -0.1) is 0 Å². The van der Waals surface area contributed by atoms with Crippen molar-refractivity contribution in [3.8, 4) is 0 Å². The predicted molar refractivity (Wildman–Crippen MR) is 80.8 cm³/mol. The van der Waals surface area contributed by atoms with Gasteiger partial charge in [0.25, 0.3) is 0 Å². The van der Waals surface area contributed by atoms with Crippen LogP contribution in [0.2, 0.25) is 0 Å². The lowest BCUT2D eigenvalue weighted by molar-refractivity contribution is -0.157. The van der Waals surface area contributed by atoms with Crippen molar-refractivity contribution >= 4 is 34.5 Å². The summed E-state index contributed by atoms with van der Waals surface area (Å²) < 4.78 is 4.70. The summed E-state index contributed by atoms with van der Waals surface area (Å²) in [5.74, 6) is -1.57. The van der Waals surface area contributed by atoms with Gasteiger partial charge >= 0.3 is 5.97 Å². The molecular formula is C14H23NO5S. The number of esters is 1. The number of carbonyl (C=O) groups is 4. The summed E-state index contributed by atoms with van der Waals surface area (Å²) in [6.07, 6.45) is -0.111. The van der Waals surface area contributed by atoms with Crippen LogP contribution in [-0.4, -0.2) is 41.2 Å². The number of carbonyl (C=O) groups excluding carboxylic acids is 4. The Morgan fingerprint density at radius 3 is 2.29 bits per heavy atom. The Bertz CT molecular complexity index is 395. The molecule has 0 fully saturated rings. The second kappa shape index (κ2) is 10.4. The summed E-state index contributed by atoms with van der Waals surface area (Å²) in [6, 6.07) is 0. The summed E-state index contributed by atoms with van der Waals surface area (Å²) in [5.41, 5.74) is 0. The van der Waals surface area contributed by atoms with E-state index in [1.165, 1.54) is 0 Å². The molecule has 0 aromatic rings. The van der Waals surface area contributed by atoms with Crippen LogP contribution in [0.25, 0.3) is 0 Å². The molecule has 0 spiro atoms. The molecule has 1 N–H and O–H groups in total. The first-order valence-electron chi connectivity index (χ1n) is 6.95. The van der Waals surface area contributed by atoms with Gasteiger partial charge in [-0.1, -0.05) is 25.6 Å². The first kappa shape index (κ1) is 19.6. The van der Waals surface area contributed by atoms with Crippen LogP contribution in [0, 0.1) is 5.92 Å². The number of amides is 1. The molecule has 0 aromatic carbocycles. The van der Waals surface area contributed by atoms with Crippen molar-refractivity contribution in [3.05, 3.63) is 0 Å². The molecule has 0 aliphatic carbocycles. The molecule has 0 bridgehead atoms. The van der Waals surface area contributed by atoms with Crippen LogP contribution in [0.5, 0.6) is 0 Å². The Morgan fingerprint density at radius 2 is 1.76 bits per heavy atom. The molecule has 0 aromatic heterocycles. The highest BCUT2D eigenvalue weighted by Crippen LogP contribution is 2.07. The van der Waals surface area contributed by atoms with Crippen molar-refractivity contribution in [2.45, 2.75) is 46.6 Å². The maximum atomic E-state index is 11.5. The molecular weight excluding hydrogens is 294 g/mol. The maximum absolute atomic E-state index is 11.5. The monoisotopic (exact) mass is 317 g/mol. The highest BCUT2D eigenvalue weighted by atomic mass is 32.2. The predicted octanol–water partition coefficient (Wildman–Crippen LogP) is 1.32. The van der Waals surface area contributed by atoms with Gasteiger partial charge in [-0.25, -0.2) is 4.79 Å². The van der Waals surface area contributed by atoms with Crippen molar-refractivity contribution in [2.75, 3.05) is 12.3 Å². The molecule has 0 rings (SSSR count). The molecule has 0 radical (unpaired) electrons. The third-order valence-electron chi connectivity index (χ3n) is 2.60. The molecule has 7 heteroatoms. The highest BCUT2D eigenvalue weighted by Gasteiger charge is 2.20. The number of ether oxygens (including phenoxy) is 1. The zero-order valence-electron chi connectivity index (χ0n) is 12.9. The first-order valence-corrected chi connectivity index (χ1v) is 7.93. The molecule has 0 heterocycles. The van der Waals surface area contributed by atoms with Gasteiger partial charge < -0.3 is 10.1 Å². The SMILES string of the molecule is CCC(C)C(=O)NCCSC(=O)CC(=O)C(=O)OC(C)C. The Hall–Kier alpha value is -1.37. The number of Topliss-reactive ketones (excluding diaryl/α,β-unsaturated/α-hetero) is 1. The number of rotatable bonds is 9. The second-order valence-electron chi connectivity index (χ2n) is 4.87. The van der Waals surface area contributed by atoms with Gasteiger partial charge in [0.15, 0.2) is 5.12 Å². The van der Waals surface area contributed by atoms with E-state index in [0.29, 0.717) is 12.3 Å². The molecule has 120 valence electrons. The van der Waals surface area contributed by atoms with Gasteiger partial charge in [-0.2, -0.15) is 0 Å². The molecule has 0 saturated carbocycles. The number of nitrogens with one attached hydrogen (secondary N) is 1. The number of ketones is 1. The molecule has 0 aliphatic heterocycles. The van der Waals surface area contributed by atoms with Crippen molar-refractivity contribution in [3.63, 3.8) is 0 Å². The number of hydrogen-bond donors (Lipinski definition) is 1. The summed E-state index contributed by atoms with van der Waals surface area (Å²) in [4.78, 5) is 45.6. The molecule has 1 unspecified atom stereocenters. The van der Waals surface area contributed by atoms with E-state index in [0.717, 1.165) is 18.2 Å². The number of hydrogen-bond acceptors (Lipinski definition) is 6. The minimum atomic E-state index is -0.982. The minimum absolute atomic E-state index is 0.0536. The van der Waals surface area contributed by atoms with Gasteiger partial charge in [0, 0.05) is 18.2 Å². The van der Waals surface area contributed by atoms with Crippen LogP contribution in [0.3, 0.4) is 0 Å². The summed E-state index contributed by atoms with van der Waals surface area (Å²) in [7, 11) is 0. The first-order chi connectivity index (χ1) is 9.77. The Kier molecular flexibility index (Phi) is 9.69. The van der Waals surface area contributed by atoms with Crippen LogP contribution in [0.15, 0.2) is 0 Å². The fourth-order valence-corrected chi connectivity index (χ4v) is 1.90. The van der Waals surface area contributed by atoms with Crippen LogP contribution in [-0.2, 0) is 23.9 Å². The zero-order valence-corrected chi connectivity index (χ0v) is 13.7. The van der Waals surface area contributed by atoms with Crippen molar-refractivity contribution in [1.29, 1.82) is 0 Å². The van der Waals surface area contributed by atoms with Gasteiger partial charge in [0.2, 0.25) is 11.7 Å². The summed E-state index contributed by atoms with van der Waals surface area (Å²) >= 11 is 0.920. The van der Waals surface area contributed by atoms with E-state index in [9.17, 15) is 19.2 Å². The van der Waals surface area contributed by atoms with E-state index in [2.05, 4.69) is 5.32 Å². The average molecular weight is 317 g/mol. The van der Waals surface area contributed by atoms with Crippen molar-refractivity contribution in [2.24, 2.45) is 5.92 Å².